The largest absolute Gasteiger partial charge is 0.463 e. The summed E-state index contributed by atoms with van der Waals surface area (Å²) in [6.07, 6.45) is 1.28. The second-order valence-electron chi connectivity index (χ2n) is 11.5. The van der Waals surface area contributed by atoms with Crippen LogP contribution in [-0.4, -0.2) is 114 Å². The molecule has 0 aromatic carbocycles. The van der Waals surface area contributed by atoms with E-state index in [0.717, 1.165) is 12.8 Å². The number of hydrogen-bond donors (Lipinski definition) is 0. The zero-order chi connectivity index (χ0) is 32.6. The van der Waals surface area contributed by atoms with E-state index in [1.807, 2.05) is 69.2 Å². The van der Waals surface area contributed by atoms with Gasteiger partial charge >= 0.3 is 11.9 Å². The van der Waals surface area contributed by atoms with Crippen molar-refractivity contribution in [3.05, 3.63) is 0 Å². The van der Waals surface area contributed by atoms with Gasteiger partial charge in [0, 0.05) is 12.8 Å². The van der Waals surface area contributed by atoms with Gasteiger partial charge in [-0.05, 0) is 68.2 Å². The van der Waals surface area contributed by atoms with Gasteiger partial charge in [0.25, 0.3) is 0 Å². The lowest BCUT2D eigenvalue weighted by molar-refractivity contribution is -0.153. The summed E-state index contributed by atoms with van der Waals surface area (Å²) in [6.45, 7) is 22.4. The van der Waals surface area contributed by atoms with Crippen LogP contribution in [0.4, 0.5) is 0 Å². The molecule has 0 aliphatic heterocycles. The third-order valence-corrected chi connectivity index (χ3v) is 6.03. The van der Waals surface area contributed by atoms with Crippen LogP contribution in [0, 0.1) is 0 Å². The molecule has 0 saturated heterocycles. The first-order valence-corrected chi connectivity index (χ1v) is 16.0. The number of hydrogen-bond acceptors (Lipinski definition) is 11. The SMILES string of the molecule is CCCC(=O)OCC(C)OCC(C)OCC(C)OCC(C)OCC(C)OCC(C)OCC(C)OCC(C)OC(=O)CCC. The average Bonchev–Trinajstić information content (AvgIpc) is 2.96. The Balaban J connectivity index is 3.92. The maximum atomic E-state index is 11.6. The first-order chi connectivity index (χ1) is 20.4. The fraction of sp³-hybridized carbons (Fsp3) is 0.938. The molecule has 43 heavy (non-hydrogen) atoms. The van der Waals surface area contributed by atoms with Crippen LogP contribution < -0.4 is 0 Å². The lowest BCUT2D eigenvalue weighted by atomic mass is 10.3. The topological polar surface area (TPSA) is 117 Å². The molecule has 11 heteroatoms. The van der Waals surface area contributed by atoms with E-state index in [1.165, 1.54) is 0 Å². The highest BCUT2D eigenvalue weighted by Crippen LogP contribution is 2.06. The highest BCUT2D eigenvalue weighted by atomic mass is 16.6. The van der Waals surface area contributed by atoms with Crippen molar-refractivity contribution in [3.63, 3.8) is 0 Å². The van der Waals surface area contributed by atoms with Crippen molar-refractivity contribution in [2.24, 2.45) is 0 Å². The Morgan fingerprint density at radius 2 is 0.651 bits per heavy atom. The van der Waals surface area contributed by atoms with E-state index >= 15 is 0 Å². The van der Waals surface area contributed by atoms with Crippen LogP contribution in [0.25, 0.3) is 0 Å². The second-order valence-corrected chi connectivity index (χ2v) is 11.5. The lowest BCUT2D eigenvalue weighted by Gasteiger charge is -2.23. The summed E-state index contributed by atoms with van der Waals surface area (Å²) in [5, 5.41) is 0. The smallest absolute Gasteiger partial charge is 0.306 e. The van der Waals surface area contributed by atoms with E-state index in [4.69, 9.17) is 42.6 Å². The molecule has 8 atom stereocenters. The summed E-state index contributed by atoms with van der Waals surface area (Å²) in [5.74, 6) is -0.395. The van der Waals surface area contributed by atoms with Gasteiger partial charge < -0.3 is 42.6 Å². The van der Waals surface area contributed by atoms with E-state index in [9.17, 15) is 9.59 Å². The summed E-state index contributed by atoms with van der Waals surface area (Å²) in [4.78, 5) is 23.0. The molecule has 0 bridgehead atoms. The molecule has 8 unspecified atom stereocenters. The molecule has 0 aromatic rings. The van der Waals surface area contributed by atoms with Gasteiger partial charge in [-0.15, -0.1) is 0 Å². The molecule has 0 rings (SSSR count). The molecule has 0 aliphatic carbocycles. The van der Waals surface area contributed by atoms with Crippen molar-refractivity contribution in [1.29, 1.82) is 0 Å². The van der Waals surface area contributed by atoms with E-state index in [0.29, 0.717) is 59.1 Å². The van der Waals surface area contributed by atoms with Crippen molar-refractivity contribution < 1.29 is 52.2 Å². The summed E-state index contributed by atoms with van der Waals surface area (Å²) < 4.78 is 51.2. The van der Waals surface area contributed by atoms with Crippen molar-refractivity contribution in [2.75, 3.05) is 52.9 Å². The average molecular weight is 623 g/mol. The zero-order valence-corrected chi connectivity index (χ0v) is 28.6. The Morgan fingerprint density at radius 3 is 0.953 bits per heavy atom. The lowest BCUT2D eigenvalue weighted by Crippen LogP contribution is -2.30. The fourth-order valence-corrected chi connectivity index (χ4v) is 3.44. The molecule has 0 heterocycles. The molecular formula is C32H62O11. The minimum absolute atomic E-state index is 0.0964. The first kappa shape index (κ1) is 41.7. The fourth-order valence-electron chi connectivity index (χ4n) is 3.44. The van der Waals surface area contributed by atoms with Gasteiger partial charge in [0.05, 0.1) is 89.0 Å². The van der Waals surface area contributed by atoms with Crippen molar-refractivity contribution in [1.82, 2.24) is 0 Å². The highest BCUT2D eigenvalue weighted by Gasteiger charge is 2.15. The quantitative estimate of drug-likeness (QED) is 0.111. The van der Waals surface area contributed by atoms with Gasteiger partial charge in [-0.2, -0.15) is 0 Å². The Labute approximate surface area is 260 Å². The summed E-state index contributed by atoms with van der Waals surface area (Å²) in [6, 6.07) is 0. The van der Waals surface area contributed by atoms with Crippen LogP contribution in [0.3, 0.4) is 0 Å². The van der Waals surface area contributed by atoms with Crippen LogP contribution in [-0.2, 0) is 52.2 Å². The summed E-state index contributed by atoms with van der Waals surface area (Å²) in [7, 11) is 0. The minimum atomic E-state index is -0.285. The monoisotopic (exact) mass is 622 g/mol. The van der Waals surface area contributed by atoms with Crippen LogP contribution in [0.15, 0.2) is 0 Å². The van der Waals surface area contributed by atoms with Crippen molar-refractivity contribution >= 4 is 11.9 Å². The summed E-state index contributed by atoms with van der Waals surface area (Å²) >= 11 is 0. The third kappa shape index (κ3) is 25.7. The maximum Gasteiger partial charge on any atom is 0.306 e. The Bertz CT molecular complexity index is 692. The van der Waals surface area contributed by atoms with E-state index < -0.39 is 0 Å². The van der Waals surface area contributed by atoms with Gasteiger partial charge in [-0.1, -0.05) is 13.8 Å². The van der Waals surface area contributed by atoms with Crippen LogP contribution in [0.5, 0.6) is 0 Å². The Hall–Kier alpha value is -1.34. The van der Waals surface area contributed by atoms with Gasteiger partial charge in [0.15, 0.2) is 0 Å². The van der Waals surface area contributed by atoms with Crippen LogP contribution in [0.1, 0.15) is 94.9 Å². The highest BCUT2D eigenvalue weighted by molar-refractivity contribution is 5.69. The number of rotatable bonds is 28. The van der Waals surface area contributed by atoms with E-state index in [2.05, 4.69) is 0 Å². The molecule has 0 spiro atoms. The number of ether oxygens (including phenoxy) is 9. The number of carbonyl (C=O) groups is 2. The molecule has 0 saturated carbocycles. The van der Waals surface area contributed by atoms with E-state index in [1.54, 1.807) is 0 Å². The number of esters is 2. The molecule has 0 aromatic heterocycles. The standard InChI is InChI=1S/C32H62O11/c1-11-13-31(33)42-21-29(9)40-19-27(7)38-17-25(5)36-15-23(3)35-16-24(4)37-18-26(6)39-20-28(8)41-22-30(10)43-32(34)14-12-2/h23-30H,11-22H2,1-10H3. The maximum absolute atomic E-state index is 11.6. The predicted octanol–water partition coefficient (Wildman–Crippen LogP) is 4.90. The van der Waals surface area contributed by atoms with Crippen LogP contribution >= 0.6 is 0 Å². The zero-order valence-electron chi connectivity index (χ0n) is 28.6. The molecule has 11 nitrogen and oxygen atoms in total. The number of carbonyl (C=O) groups excluding carboxylic acids is 2. The Morgan fingerprint density at radius 1 is 0.395 bits per heavy atom. The van der Waals surface area contributed by atoms with Gasteiger partial charge in [-0.25, -0.2) is 0 Å². The van der Waals surface area contributed by atoms with Gasteiger partial charge in [0.2, 0.25) is 0 Å². The molecule has 0 fully saturated rings. The molecule has 0 radical (unpaired) electrons. The summed E-state index contributed by atoms with van der Waals surface area (Å²) in [5.41, 5.74) is 0. The molecule has 0 aliphatic rings. The Kier molecular flexibility index (Phi) is 25.1. The van der Waals surface area contributed by atoms with Gasteiger partial charge in [-0.3, -0.25) is 9.59 Å². The molecular weight excluding hydrogens is 560 g/mol. The molecule has 256 valence electrons. The predicted molar refractivity (Wildman–Crippen MR) is 164 cm³/mol. The molecule has 0 N–H and O–H groups in total. The van der Waals surface area contributed by atoms with E-state index in [-0.39, 0.29) is 67.4 Å². The van der Waals surface area contributed by atoms with Crippen LogP contribution in [0.2, 0.25) is 0 Å². The van der Waals surface area contributed by atoms with Gasteiger partial charge in [0.1, 0.15) is 12.7 Å². The second kappa shape index (κ2) is 25.9. The third-order valence-electron chi connectivity index (χ3n) is 6.03. The van der Waals surface area contributed by atoms with Crippen molar-refractivity contribution in [2.45, 2.75) is 144 Å². The minimum Gasteiger partial charge on any atom is -0.463 e. The normalized spacial score (nSPS) is 17.3. The molecule has 0 amide bonds. The van der Waals surface area contributed by atoms with Crippen molar-refractivity contribution in [3.8, 4) is 0 Å². The first-order valence-electron chi connectivity index (χ1n) is 16.0.